The number of benzene rings is 1. The molecule has 26 heavy (non-hydrogen) atoms. The predicted molar refractivity (Wildman–Crippen MR) is 91.7 cm³/mol. The van der Waals surface area contributed by atoms with Crippen LogP contribution in [0.4, 0.5) is 5.69 Å². The van der Waals surface area contributed by atoms with Crippen molar-refractivity contribution in [3.63, 3.8) is 0 Å². The number of ketones is 1. The summed E-state index contributed by atoms with van der Waals surface area (Å²) >= 11 is 10.9. The van der Waals surface area contributed by atoms with E-state index in [0.29, 0.717) is 0 Å². The standard InChI is InChI=1S/C15H16Cl2N2O7/c1-8(20)6-12(21)26-7-11(18-15(23)14(16)17)13(22)9-2-4-10(5-3-9)19(24)25/h2-5,11,13-14,22H,6-7H2,1H3,(H,18,23). The highest BCUT2D eigenvalue weighted by molar-refractivity contribution is 6.53. The summed E-state index contributed by atoms with van der Waals surface area (Å²) in [4.78, 5) is 42.7. The quantitative estimate of drug-likeness (QED) is 0.208. The number of ether oxygens (including phenoxy) is 1. The third-order valence-corrected chi connectivity index (χ3v) is 3.57. The highest BCUT2D eigenvalue weighted by Gasteiger charge is 2.27. The van der Waals surface area contributed by atoms with Crippen LogP contribution in [0.5, 0.6) is 0 Å². The number of aliphatic hydroxyl groups excluding tert-OH is 1. The van der Waals surface area contributed by atoms with Crippen molar-refractivity contribution in [2.45, 2.75) is 30.3 Å². The van der Waals surface area contributed by atoms with Crippen LogP contribution in [0.2, 0.25) is 0 Å². The van der Waals surface area contributed by atoms with E-state index in [1.807, 2.05) is 0 Å². The SMILES string of the molecule is CC(=O)CC(=O)OCC(NC(=O)C(Cl)Cl)C(O)c1ccc([N+](=O)[O-])cc1. The zero-order valence-electron chi connectivity index (χ0n) is 13.6. The zero-order valence-corrected chi connectivity index (χ0v) is 15.1. The van der Waals surface area contributed by atoms with Crippen molar-refractivity contribution >= 4 is 46.5 Å². The van der Waals surface area contributed by atoms with Gasteiger partial charge in [-0.15, -0.1) is 0 Å². The number of hydrogen-bond acceptors (Lipinski definition) is 7. The number of nitrogens with one attached hydrogen (secondary N) is 1. The minimum atomic E-state index is -1.42. The van der Waals surface area contributed by atoms with Gasteiger partial charge in [0.1, 0.15) is 24.9 Å². The summed E-state index contributed by atoms with van der Waals surface area (Å²) in [5.41, 5.74) is 0.0419. The highest BCUT2D eigenvalue weighted by atomic mass is 35.5. The summed E-state index contributed by atoms with van der Waals surface area (Å²) in [6.07, 6.45) is -1.83. The van der Waals surface area contributed by atoms with Crippen molar-refractivity contribution in [2.75, 3.05) is 6.61 Å². The van der Waals surface area contributed by atoms with E-state index in [2.05, 4.69) is 5.32 Å². The Kier molecular flexibility index (Phi) is 8.43. The van der Waals surface area contributed by atoms with E-state index in [9.17, 15) is 29.6 Å². The van der Waals surface area contributed by atoms with Crippen LogP contribution >= 0.6 is 23.2 Å². The van der Waals surface area contributed by atoms with Crippen LogP contribution in [0.3, 0.4) is 0 Å². The van der Waals surface area contributed by atoms with E-state index >= 15 is 0 Å². The Labute approximate surface area is 158 Å². The minimum Gasteiger partial charge on any atom is -0.463 e. The zero-order chi connectivity index (χ0) is 19.9. The molecule has 0 radical (unpaired) electrons. The topological polar surface area (TPSA) is 136 Å². The van der Waals surface area contributed by atoms with Crippen LogP contribution in [0.25, 0.3) is 0 Å². The van der Waals surface area contributed by atoms with Crippen molar-refractivity contribution in [3.8, 4) is 0 Å². The molecule has 0 spiro atoms. The Morgan fingerprint density at radius 1 is 1.27 bits per heavy atom. The Hall–Kier alpha value is -2.23. The fraction of sp³-hybridized carbons (Fsp3) is 0.400. The number of non-ortho nitro benzene ring substituents is 1. The molecule has 142 valence electrons. The van der Waals surface area contributed by atoms with Gasteiger partial charge in [-0.3, -0.25) is 24.5 Å². The molecule has 2 atom stereocenters. The van der Waals surface area contributed by atoms with E-state index in [1.165, 1.54) is 31.2 Å². The molecule has 0 aliphatic rings. The molecule has 0 fully saturated rings. The summed E-state index contributed by atoms with van der Waals surface area (Å²) in [5.74, 6) is -2.07. The van der Waals surface area contributed by atoms with Crippen LogP contribution in [0, 0.1) is 10.1 Å². The third-order valence-electron chi connectivity index (χ3n) is 3.17. The second-order valence-corrected chi connectivity index (χ2v) is 6.37. The monoisotopic (exact) mass is 406 g/mol. The molecule has 0 aliphatic carbocycles. The lowest BCUT2D eigenvalue weighted by Crippen LogP contribution is -2.45. The Morgan fingerprint density at radius 3 is 2.31 bits per heavy atom. The predicted octanol–water partition coefficient (Wildman–Crippen LogP) is 1.44. The average molecular weight is 407 g/mol. The molecular weight excluding hydrogens is 391 g/mol. The smallest absolute Gasteiger partial charge is 0.313 e. The minimum absolute atomic E-state index is 0.184. The van der Waals surface area contributed by atoms with E-state index < -0.39 is 52.6 Å². The number of nitro groups is 1. The lowest BCUT2D eigenvalue weighted by molar-refractivity contribution is -0.384. The first kappa shape index (κ1) is 21.8. The number of esters is 1. The number of aliphatic hydroxyl groups is 1. The third kappa shape index (κ3) is 6.95. The molecule has 1 amide bonds. The maximum atomic E-state index is 11.7. The van der Waals surface area contributed by atoms with Crippen molar-refractivity contribution in [1.82, 2.24) is 5.32 Å². The summed E-state index contributed by atoms with van der Waals surface area (Å²) in [6, 6.07) is 3.78. The van der Waals surface area contributed by atoms with Crippen LogP contribution in [-0.4, -0.2) is 45.2 Å². The fourth-order valence-electron chi connectivity index (χ4n) is 1.92. The number of nitro benzene ring substituents is 1. The molecule has 1 rings (SSSR count). The normalized spacial score (nSPS) is 13.0. The molecule has 1 aromatic carbocycles. The first-order chi connectivity index (χ1) is 12.1. The van der Waals surface area contributed by atoms with Crippen LogP contribution in [0.1, 0.15) is 25.0 Å². The Bertz CT molecular complexity index is 679. The second-order valence-electron chi connectivity index (χ2n) is 5.27. The number of halogens is 2. The van der Waals surface area contributed by atoms with E-state index in [4.69, 9.17) is 27.9 Å². The van der Waals surface area contributed by atoms with Crippen molar-refractivity contribution in [2.24, 2.45) is 0 Å². The van der Waals surface area contributed by atoms with Gasteiger partial charge >= 0.3 is 5.97 Å². The van der Waals surface area contributed by atoms with E-state index in [-0.39, 0.29) is 11.3 Å². The lowest BCUT2D eigenvalue weighted by atomic mass is 10.0. The molecule has 0 saturated heterocycles. The number of alkyl halides is 2. The molecular formula is C15H16Cl2N2O7. The summed E-state index contributed by atoms with van der Waals surface area (Å²) in [7, 11) is 0. The molecule has 0 saturated carbocycles. The average Bonchev–Trinajstić information content (AvgIpc) is 2.57. The number of Topliss-reactive ketones (excluding diaryl/α,β-unsaturated/α-hetero) is 1. The first-order valence-corrected chi connectivity index (χ1v) is 8.15. The van der Waals surface area contributed by atoms with Gasteiger partial charge in [0.15, 0.2) is 4.84 Å². The van der Waals surface area contributed by atoms with Crippen LogP contribution in [0.15, 0.2) is 24.3 Å². The van der Waals surface area contributed by atoms with Gasteiger partial charge in [0.2, 0.25) is 0 Å². The molecule has 11 heteroatoms. The molecule has 2 unspecified atom stereocenters. The number of carbonyl (C=O) groups is 3. The van der Waals surface area contributed by atoms with Gasteiger partial charge in [-0.2, -0.15) is 0 Å². The van der Waals surface area contributed by atoms with Gasteiger partial charge in [-0.1, -0.05) is 23.2 Å². The van der Waals surface area contributed by atoms with Crippen LogP contribution < -0.4 is 5.32 Å². The summed E-state index contributed by atoms with van der Waals surface area (Å²) < 4.78 is 4.87. The van der Waals surface area contributed by atoms with Gasteiger partial charge < -0.3 is 15.2 Å². The largest absolute Gasteiger partial charge is 0.463 e. The van der Waals surface area contributed by atoms with Gasteiger partial charge in [0.05, 0.1) is 11.0 Å². The van der Waals surface area contributed by atoms with E-state index in [0.717, 1.165) is 0 Å². The maximum Gasteiger partial charge on any atom is 0.313 e. The van der Waals surface area contributed by atoms with E-state index in [1.54, 1.807) is 0 Å². The Morgan fingerprint density at radius 2 is 1.85 bits per heavy atom. The molecule has 0 heterocycles. The number of hydrogen-bond donors (Lipinski definition) is 2. The van der Waals surface area contributed by atoms with Gasteiger partial charge in [0.25, 0.3) is 11.6 Å². The molecule has 9 nitrogen and oxygen atoms in total. The second kappa shape index (κ2) is 10.0. The summed E-state index contributed by atoms with van der Waals surface area (Å²) in [6.45, 7) is 0.744. The number of nitrogens with zero attached hydrogens (tertiary/aromatic N) is 1. The number of carbonyl (C=O) groups excluding carboxylic acids is 3. The summed E-state index contributed by atoms with van der Waals surface area (Å²) in [5, 5.41) is 23.4. The Balaban J connectivity index is 2.90. The van der Waals surface area contributed by atoms with Crippen LogP contribution in [-0.2, 0) is 19.1 Å². The van der Waals surface area contributed by atoms with Gasteiger partial charge in [-0.25, -0.2) is 0 Å². The molecule has 2 N–H and O–H groups in total. The molecule has 1 aromatic rings. The molecule has 0 aromatic heterocycles. The van der Waals surface area contributed by atoms with Gasteiger partial charge in [-0.05, 0) is 24.6 Å². The highest BCUT2D eigenvalue weighted by Crippen LogP contribution is 2.21. The van der Waals surface area contributed by atoms with Gasteiger partial charge in [0, 0.05) is 12.1 Å². The molecule has 0 aliphatic heterocycles. The number of rotatable bonds is 9. The first-order valence-electron chi connectivity index (χ1n) is 7.27. The lowest BCUT2D eigenvalue weighted by Gasteiger charge is -2.24. The van der Waals surface area contributed by atoms with Crippen molar-refractivity contribution < 1.29 is 29.2 Å². The number of amides is 1. The van der Waals surface area contributed by atoms with Crippen molar-refractivity contribution in [1.29, 1.82) is 0 Å². The van der Waals surface area contributed by atoms with Crippen molar-refractivity contribution in [3.05, 3.63) is 39.9 Å². The maximum absolute atomic E-state index is 11.7. The molecule has 0 bridgehead atoms. The fourth-order valence-corrected chi connectivity index (χ4v) is 2.05.